The van der Waals surface area contributed by atoms with Gasteiger partial charge in [0.2, 0.25) is 0 Å². The van der Waals surface area contributed by atoms with E-state index in [-0.39, 0.29) is 16.9 Å². The minimum Gasteiger partial charge on any atom is -0.396 e. The van der Waals surface area contributed by atoms with Crippen molar-refractivity contribution < 1.29 is 4.39 Å². The van der Waals surface area contributed by atoms with E-state index in [4.69, 9.17) is 5.73 Å². The second-order valence-electron chi connectivity index (χ2n) is 4.44. The molecule has 15 heavy (non-hydrogen) atoms. The third-order valence-corrected chi connectivity index (χ3v) is 2.20. The zero-order chi connectivity index (χ0) is 12.2. The fourth-order valence-corrected chi connectivity index (χ4v) is 1.19. The van der Waals surface area contributed by atoms with E-state index in [9.17, 15) is 4.39 Å². The Balaban J connectivity index is 0.000000921. The van der Waals surface area contributed by atoms with Crippen LogP contribution in [0, 0.1) is 12.7 Å². The predicted octanol–water partition coefficient (Wildman–Crippen LogP) is 4.04. The molecule has 0 atom stereocenters. The highest BCUT2D eigenvalue weighted by atomic mass is 19.1. The van der Waals surface area contributed by atoms with Gasteiger partial charge in [-0.15, -0.1) is 0 Å². The van der Waals surface area contributed by atoms with Crippen molar-refractivity contribution in [1.29, 1.82) is 0 Å². The molecule has 0 radical (unpaired) electrons. The van der Waals surface area contributed by atoms with Gasteiger partial charge in [-0.1, -0.05) is 40.7 Å². The highest BCUT2D eigenvalue weighted by molar-refractivity contribution is 5.50. The second kappa shape index (κ2) is 5.15. The van der Waals surface area contributed by atoms with E-state index in [1.54, 1.807) is 0 Å². The summed E-state index contributed by atoms with van der Waals surface area (Å²) in [5.41, 5.74) is 7.54. The summed E-state index contributed by atoms with van der Waals surface area (Å²) < 4.78 is 13.2. The third kappa shape index (κ3) is 3.54. The van der Waals surface area contributed by atoms with Crippen molar-refractivity contribution >= 4 is 5.69 Å². The van der Waals surface area contributed by atoms with Gasteiger partial charge in [-0.3, -0.25) is 0 Å². The number of nitrogen functional groups attached to an aromatic ring is 1. The number of hydrogen-bond acceptors (Lipinski definition) is 1. The molecule has 1 nitrogen and oxygen atoms in total. The van der Waals surface area contributed by atoms with Crippen LogP contribution in [0.3, 0.4) is 0 Å². The average Bonchev–Trinajstić information content (AvgIpc) is 2.15. The molecule has 0 spiro atoms. The molecule has 0 aliphatic heterocycles. The number of anilines is 1. The number of rotatable bonds is 0. The van der Waals surface area contributed by atoms with E-state index >= 15 is 0 Å². The van der Waals surface area contributed by atoms with E-state index < -0.39 is 0 Å². The Kier molecular flexibility index (Phi) is 4.79. The maximum absolute atomic E-state index is 13.2. The molecule has 0 aromatic heterocycles. The van der Waals surface area contributed by atoms with E-state index in [0.717, 1.165) is 11.1 Å². The fraction of sp³-hybridized carbons (Fsp3) is 0.538. The maximum atomic E-state index is 13.2. The van der Waals surface area contributed by atoms with Crippen LogP contribution in [-0.2, 0) is 5.41 Å². The fourth-order valence-electron chi connectivity index (χ4n) is 1.19. The van der Waals surface area contributed by atoms with Crippen molar-refractivity contribution in [1.82, 2.24) is 0 Å². The normalized spacial score (nSPS) is 10.6. The van der Waals surface area contributed by atoms with Gasteiger partial charge in [0, 0.05) is 0 Å². The molecule has 0 aliphatic carbocycles. The lowest BCUT2D eigenvalue weighted by Gasteiger charge is -2.20. The van der Waals surface area contributed by atoms with Gasteiger partial charge in [-0.05, 0) is 29.5 Å². The summed E-state index contributed by atoms with van der Waals surface area (Å²) >= 11 is 0. The van der Waals surface area contributed by atoms with Crippen molar-refractivity contribution in [2.75, 3.05) is 5.73 Å². The summed E-state index contributed by atoms with van der Waals surface area (Å²) in [6, 6.07) is 3.46. The molecule has 2 heteroatoms. The minimum absolute atomic E-state index is 0.0285. The van der Waals surface area contributed by atoms with Gasteiger partial charge in [-0.2, -0.15) is 0 Å². The van der Waals surface area contributed by atoms with Crippen LogP contribution in [0.15, 0.2) is 12.1 Å². The molecule has 86 valence electrons. The lowest BCUT2D eigenvalue weighted by Crippen LogP contribution is -2.12. The predicted molar refractivity (Wildman–Crippen MR) is 65.6 cm³/mol. The first-order valence-corrected chi connectivity index (χ1v) is 5.38. The van der Waals surface area contributed by atoms with Gasteiger partial charge in [0.1, 0.15) is 5.82 Å². The highest BCUT2D eigenvalue weighted by Crippen LogP contribution is 2.27. The molecule has 2 N–H and O–H groups in total. The molecule has 0 aliphatic rings. The summed E-state index contributed by atoms with van der Waals surface area (Å²) in [6.45, 7) is 12.0. The van der Waals surface area contributed by atoms with Crippen LogP contribution in [0.5, 0.6) is 0 Å². The van der Waals surface area contributed by atoms with E-state index in [1.807, 2.05) is 26.8 Å². The summed E-state index contributed by atoms with van der Waals surface area (Å²) in [4.78, 5) is 0. The Morgan fingerprint density at radius 1 is 1.13 bits per heavy atom. The Morgan fingerprint density at radius 2 is 1.60 bits per heavy atom. The molecule has 0 fully saturated rings. The van der Waals surface area contributed by atoms with Crippen molar-refractivity contribution in [3.63, 3.8) is 0 Å². The third-order valence-electron chi connectivity index (χ3n) is 2.20. The number of nitrogens with two attached hydrogens (primary N) is 1. The first-order valence-electron chi connectivity index (χ1n) is 5.38. The van der Waals surface area contributed by atoms with Gasteiger partial charge < -0.3 is 5.73 Å². The minimum atomic E-state index is -0.315. The summed E-state index contributed by atoms with van der Waals surface area (Å²) in [5.74, 6) is -0.315. The van der Waals surface area contributed by atoms with Gasteiger partial charge in [-0.25, -0.2) is 4.39 Å². The largest absolute Gasteiger partial charge is 0.396 e. The molecular weight excluding hydrogens is 189 g/mol. The smallest absolute Gasteiger partial charge is 0.146 e. The van der Waals surface area contributed by atoms with Gasteiger partial charge in [0.05, 0.1) is 5.69 Å². The van der Waals surface area contributed by atoms with Crippen LogP contribution >= 0.6 is 0 Å². The zero-order valence-corrected chi connectivity index (χ0v) is 10.6. The molecule has 0 saturated heterocycles. The van der Waals surface area contributed by atoms with Crippen molar-refractivity contribution in [2.24, 2.45) is 0 Å². The number of halogens is 1. The van der Waals surface area contributed by atoms with Crippen LogP contribution in [0.4, 0.5) is 10.1 Å². The SMILES string of the molecule is CC.Cc1cc(C(C)(C)C)cc(F)c1N. The Hall–Kier alpha value is -1.05. The molecule has 0 saturated carbocycles. The number of benzene rings is 1. The molecule has 0 amide bonds. The standard InChI is InChI=1S/C11H16FN.C2H6/c1-7-5-8(11(2,3)4)6-9(12)10(7)13;1-2/h5-6H,13H2,1-4H3;1-2H3. The highest BCUT2D eigenvalue weighted by Gasteiger charge is 2.16. The number of aryl methyl sites for hydroxylation is 1. The van der Waals surface area contributed by atoms with Crippen molar-refractivity contribution in [3.05, 3.63) is 29.1 Å². The van der Waals surface area contributed by atoms with E-state index in [1.165, 1.54) is 6.07 Å². The van der Waals surface area contributed by atoms with Crippen LogP contribution in [0.1, 0.15) is 45.7 Å². The first-order chi connectivity index (χ1) is 6.82. The topological polar surface area (TPSA) is 26.0 Å². The van der Waals surface area contributed by atoms with E-state index in [2.05, 4.69) is 20.8 Å². The molecular formula is C13H22FN. The first kappa shape index (κ1) is 13.9. The summed E-state index contributed by atoms with van der Waals surface area (Å²) in [6.07, 6.45) is 0. The van der Waals surface area contributed by atoms with E-state index in [0.29, 0.717) is 0 Å². The lowest BCUT2D eigenvalue weighted by atomic mass is 9.86. The van der Waals surface area contributed by atoms with Crippen LogP contribution in [-0.4, -0.2) is 0 Å². The number of hydrogen-bond donors (Lipinski definition) is 1. The van der Waals surface area contributed by atoms with Crippen LogP contribution < -0.4 is 5.73 Å². The van der Waals surface area contributed by atoms with Crippen molar-refractivity contribution in [2.45, 2.75) is 47.0 Å². The molecule has 0 unspecified atom stereocenters. The molecule has 1 aromatic rings. The molecule has 1 rings (SSSR count). The van der Waals surface area contributed by atoms with Gasteiger partial charge >= 0.3 is 0 Å². The van der Waals surface area contributed by atoms with Crippen LogP contribution in [0.25, 0.3) is 0 Å². The quantitative estimate of drug-likeness (QED) is 0.644. The van der Waals surface area contributed by atoms with Gasteiger partial charge in [0.15, 0.2) is 0 Å². The van der Waals surface area contributed by atoms with Crippen LogP contribution in [0.2, 0.25) is 0 Å². The Morgan fingerprint density at radius 3 is 1.93 bits per heavy atom. The Bertz CT molecular complexity index is 301. The molecule has 1 aromatic carbocycles. The monoisotopic (exact) mass is 211 g/mol. The van der Waals surface area contributed by atoms with Crippen molar-refractivity contribution in [3.8, 4) is 0 Å². The zero-order valence-electron chi connectivity index (χ0n) is 10.6. The molecule has 0 bridgehead atoms. The molecule has 0 heterocycles. The summed E-state index contributed by atoms with van der Waals surface area (Å²) in [5, 5.41) is 0. The second-order valence-corrected chi connectivity index (χ2v) is 4.44. The maximum Gasteiger partial charge on any atom is 0.146 e. The average molecular weight is 211 g/mol. The Labute approximate surface area is 92.5 Å². The summed E-state index contributed by atoms with van der Waals surface area (Å²) in [7, 11) is 0. The lowest BCUT2D eigenvalue weighted by molar-refractivity contribution is 0.573. The van der Waals surface area contributed by atoms with Gasteiger partial charge in [0.25, 0.3) is 0 Å².